The first-order valence-corrected chi connectivity index (χ1v) is 5.73. The number of hydrogen-bond donors (Lipinski definition) is 2. The average molecular weight is 260 g/mol. The Morgan fingerprint density at radius 2 is 2.16 bits per heavy atom. The number of nitrogens with zero attached hydrogens (tertiary/aromatic N) is 2. The van der Waals surface area contributed by atoms with Gasteiger partial charge in [0.15, 0.2) is 0 Å². The molecular formula is C13H13FN4O. The van der Waals surface area contributed by atoms with Crippen molar-refractivity contribution in [3.8, 4) is 0 Å². The van der Waals surface area contributed by atoms with Crippen molar-refractivity contribution in [1.82, 2.24) is 15.5 Å². The summed E-state index contributed by atoms with van der Waals surface area (Å²) >= 11 is 0. The highest BCUT2D eigenvalue weighted by Gasteiger charge is 2.07. The molecule has 0 aliphatic rings. The molecule has 19 heavy (non-hydrogen) atoms. The number of nitrogens with one attached hydrogen (secondary N) is 1. The number of carbonyl (C=O) groups is 1. The standard InChI is InChI=1S/C13H13FN4O/c14-12-5-9(6-15)1-2-10(12)7-16-13(19)11-3-4-17-18-8-11/h1-5,8H,6-7,15H2,(H,16,19). The zero-order valence-corrected chi connectivity index (χ0v) is 10.1. The van der Waals surface area contributed by atoms with E-state index in [4.69, 9.17) is 5.73 Å². The molecule has 0 spiro atoms. The second-order valence-electron chi connectivity index (χ2n) is 3.94. The van der Waals surface area contributed by atoms with E-state index in [9.17, 15) is 9.18 Å². The van der Waals surface area contributed by atoms with Gasteiger partial charge in [0.1, 0.15) is 5.82 Å². The van der Waals surface area contributed by atoms with E-state index in [1.54, 1.807) is 12.1 Å². The highest BCUT2D eigenvalue weighted by molar-refractivity contribution is 5.93. The van der Waals surface area contributed by atoms with Crippen LogP contribution in [0.2, 0.25) is 0 Å². The van der Waals surface area contributed by atoms with E-state index in [1.165, 1.54) is 24.5 Å². The Hall–Kier alpha value is -2.34. The molecule has 0 unspecified atom stereocenters. The van der Waals surface area contributed by atoms with Gasteiger partial charge in [0, 0.05) is 18.7 Å². The molecule has 98 valence electrons. The second-order valence-corrected chi connectivity index (χ2v) is 3.94. The number of benzene rings is 1. The highest BCUT2D eigenvalue weighted by atomic mass is 19.1. The van der Waals surface area contributed by atoms with Crippen LogP contribution in [0.3, 0.4) is 0 Å². The lowest BCUT2D eigenvalue weighted by Gasteiger charge is -2.07. The van der Waals surface area contributed by atoms with Gasteiger partial charge in [-0.1, -0.05) is 12.1 Å². The van der Waals surface area contributed by atoms with E-state index in [1.807, 2.05) is 0 Å². The Morgan fingerprint density at radius 3 is 2.79 bits per heavy atom. The molecular weight excluding hydrogens is 247 g/mol. The lowest BCUT2D eigenvalue weighted by Crippen LogP contribution is -2.23. The molecule has 0 aliphatic heterocycles. The number of carbonyl (C=O) groups excluding carboxylic acids is 1. The largest absolute Gasteiger partial charge is 0.348 e. The summed E-state index contributed by atoms with van der Waals surface area (Å²) < 4.78 is 13.7. The Balaban J connectivity index is 2.01. The van der Waals surface area contributed by atoms with Crippen LogP contribution in [-0.2, 0) is 13.1 Å². The summed E-state index contributed by atoms with van der Waals surface area (Å²) in [4.78, 5) is 11.7. The van der Waals surface area contributed by atoms with Gasteiger partial charge in [-0.3, -0.25) is 4.79 Å². The van der Waals surface area contributed by atoms with E-state index in [0.29, 0.717) is 16.7 Å². The Bertz CT molecular complexity index is 574. The van der Waals surface area contributed by atoms with E-state index >= 15 is 0 Å². The molecule has 0 radical (unpaired) electrons. The van der Waals surface area contributed by atoms with Crippen molar-refractivity contribution in [2.75, 3.05) is 0 Å². The van der Waals surface area contributed by atoms with Crippen molar-refractivity contribution in [3.63, 3.8) is 0 Å². The van der Waals surface area contributed by atoms with Crippen molar-refractivity contribution in [1.29, 1.82) is 0 Å². The minimum atomic E-state index is -0.379. The summed E-state index contributed by atoms with van der Waals surface area (Å²) in [5, 5.41) is 9.80. The molecule has 6 heteroatoms. The van der Waals surface area contributed by atoms with Crippen LogP contribution in [0, 0.1) is 5.82 Å². The monoisotopic (exact) mass is 260 g/mol. The predicted octanol–water partition coefficient (Wildman–Crippen LogP) is 1.00. The number of amides is 1. The molecule has 1 aromatic heterocycles. The van der Waals surface area contributed by atoms with E-state index in [2.05, 4.69) is 15.5 Å². The summed E-state index contributed by atoms with van der Waals surface area (Å²) in [6, 6.07) is 6.26. The van der Waals surface area contributed by atoms with Gasteiger partial charge >= 0.3 is 0 Å². The molecule has 5 nitrogen and oxygen atoms in total. The van der Waals surface area contributed by atoms with Gasteiger partial charge in [-0.15, -0.1) is 0 Å². The maximum absolute atomic E-state index is 13.7. The predicted molar refractivity (Wildman–Crippen MR) is 67.5 cm³/mol. The number of nitrogens with two attached hydrogens (primary N) is 1. The van der Waals surface area contributed by atoms with Gasteiger partial charge in [-0.05, 0) is 17.7 Å². The second kappa shape index (κ2) is 6.01. The summed E-state index contributed by atoms with van der Waals surface area (Å²) in [5.41, 5.74) is 6.92. The number of aromatic nitrogens is 2. The normalized spacial score (nSPS) is 10.2. The summed E-state index contributed by atoms with van der Waals surface area (Å²) in [5.74, 6) is -0.701. The lowest BCUT2D eigenvalue weighted by atomic mass is 10.1. The third-order valence-corrected chi connectivity index (χ3v) is 2.64. The van der Waals surface area contributed by atoms with Crippen LogP contribution < -0.4 is 11.1 Å². The van der Waals surface area contributed by atoms with Gasteiger partial charge in [0.05, 0.1) is 18.0 Å². The van der Waals surface area contributed by atoms with Gasteiger partial charge in [-0.2, -0.15) is 10.2 Å². The van der Waals surface area contributed by atoms with Crippen LogP contribution in [0.25, 0.3) is 0 Å². The number of rotatable bonds is 4. The van der Waals surface area contributed by atoms with E-state index in [0.717, 1.165) is 0 Å². The maximum Gasteiger partial charge on any atom is 0.253 e. The minimum absolute atomic E-state index is 0.109. The fourth-order valence-electron chi connectivity index (χ4n) is 1.56. The Morgan fingerprint density at radius 1 is 1.32 bits per heavy atom. The first kappa shape index (κ1) is 13.1. The molecule has 0 saturated carbocycles. The molecule has 3 N–H and O–H groups in total. The molecule has 1 aromatic carbocycles. The molecule has 1 amide bonds. The zero-order valence-electron chi connectivity index (χ0n) is 10.1. The van der Waals surface area contributed by atoms with Crippen LogP contribution in [0.15, 0.2) is 36.7 Å². The van der Waals surface area contributed by atoms with E-state index in [-0.39, 0.29) is 24.8 Å². The fraction of sp³-hybridized carbons (Fsp3) is 0.154. The van der Waals surface area contributed by atoms with Crippen molar-refractivity contribution < 1.29 is 9.18 Å². The molecule has 2 rings (SSSR count). The molecule has 0 atom stereocenters. The molecule has 0 fully saturated rings. The van der Waals surface area contributed by atoms with Crippen LogP contribution in [-0.4, -0.2) is 16.1 Å². The van der Waals surface area contributed by atoms with Crippen molar-refractivity contribution in [3.05, 3.63) is 59.2 Å². The highest BCUT2D eigenvalue weighted by Crippen LogP contribution is 2.10. The zero-order chi connectivity index (χ0) is 13.7. The van der Waals surface area contributed by atoms with Gasteiger partial charge in [-0.25, -0.2) is 4.39 Å². The van der Waals surface area contributed by atoms with Crippen molar-refractivity contribution >= 4 is 5.91 Å². The molecule has 1 heterocycles. The summed E-state index contributed by atoms with van der Waals surface area (Å²) in [6.45, 7) is 0.393. The Kier molecular flexibility index (Phi) is 4.15. The quantitative estimate of drug-likeness (QED) is 0.859. The molecule has 0 saturated heterocycles. The van der Waals surface area contributed by atoms with Gasteiger partial charge < -0.3 is 11.1 Å². The van der Waals surface area contributed by atoms with Crippen molar-refractivity contribution in [2.45, 2.75) is 13.1 Å². The van der Waals surface area contributed by atoms with Crippen LogP contribution in [0.5, 0.6) is 0 Å². The fourth-order valence-corrected chi connectivity index (χ4v) is 1.56. The minimum Gasteiger partial charge on any atom is -0.348 e. The molecule has 0 bridgehead atoms. The third-order valence-electron chi connectivity index (χ3n) is 2.64. The van der Waals surface area contributed by atoms with Crippen LogP contribution in [0.4, 0.5) is 4.39 Å². The number of halogens is 1. The summed E-state index contributed by atoms with van der Waals surface area (Å²) in [7, 11) is 0. The molecule has 0 aliphatic carbocycles. The van der Waals surface area contributed by atoms with Gasteiger partial charge in [0.2, 0.25) is 0 Å². The smallest absolute Gasteiger partial charge is 0.253 e. The molecule has 2 aromatic rings. The lowest BCUT2D eigenvalue weighted by molar-refractivity contribution is 0.0950. The van der Waals surface area contributed by atoms with E-state index < -0.39 is 0 Å². The summed E-state index contributed by atoms with van der Waals surface area (Å²) in [6.07, 6.45) is 2.77. The van der Waals surface area contributed by atoms with Crippen LogP contribution in [0.1, 0.15) is 21.5 Å². The van der Waals surface area contributed by atoms with Crippen LogP contribution >= 0.6 is 0 Å². The number of hydrogen-bond acceptors (Lipinski definition) is 4. The average Bonchev–Trinajstić information content (AvgIpc) is 2.46. The van der Waals surface area contributed by atoms with Gasteiger partial charge in [0.25, 0.3) is 5.91 Å². The first-order chi connectivity index (χ1) is 9.20. The SMILES string of the molecule is NCc1ccc(CNC(=O)c2ccnnc2)c(F)c1. The maximum atomic E-state index is 13.7. The first-order valence-electron chi connectivity index (χ1n) is 5.73. The van der Waals surface area contributed by atoms with Crippen molar-refractivity contribution in [2.24, 2.45) is 5.73 Å². The Labute approximate surface area is 109 Å². The third kappa shape index (κ3) is 3.32. The topological polar surface area (TPSA) is 80.9 Å².